The van der Waals surface area contributed by atoms with Crippen LogP contribution in [-0.4, -0.2) is 45.1 Å². The molecule has 0 aliphatic heterocycles. The first kappa shape index (κ1) is 26.6. The van der Waals surface area contributed by atoms with Crippen molar-refractivity contribution in [2.45, 2.75) is 0 Å². The van der Waals surface area contributed by atoms with E-state index in [1.165, 1.54) is 0 Å². The number of rotatable bonds is 5. The van der Waals surface area contributed by atoms with Crippen LogP contribution in [0.2, 0.25) is 0 Å². The predicted molar refractivity (Wildman–Crippen MR) is 105 cm³/mol. The predicted octanol–water partition coefficient (Wildman–Crippen LogP) is 4.13. The monoisotopic (exact) mass is 475 g/mol. The van der Waals surface area contributed by atoms with Gasteiger partial charge in [0.1, 0.15) is 24.1 Å². The third-order valence-corrected chi connectivity index (χ3v) is 4.71. The molecule has 0 radical (unpaired) electrons. The molecule has 2 aromatic carbocycles. The SMILES string of the molecule is CN(C)c1ccc(C(=O)C[S+](C)(C)=O)cc1.Fc1c(F)c(F)c([B-](F)(F)F)c(F)c1F. The molecule has 172 valence electrons. The highest BCUT2D eigenvalue weighted by molar-refractivity contribution is 8.02. The Morgan fingerprint density at radius 2 is 1.23 bits per heavy atom. The van der Waals surface area contributed by atoms with Gasteiger partial charge >= 0.3 is 6.98 Å². The highest BCUT2D eigenvalue weighted by Crippen LogP contribution is 2.21. The second-order valence-electron chi connectivity index (χ2n) is 7.00. The first-order valence-corrected chi connectivity index (χ1v) is 11.0. The van der Waals surface area contributed by atoms with E-state index >= 15 is 0 Å². The van der Waals surface area contributed by atoms with Gasteiger partial charge in [-0.25, -0.2) is 22.0 Å². The maximum absolute atomic E-state index is 12.5. The van der Waals surface area contributed by atoms with Crippen molar-refractivity contribution < 1.29 is 43.9 Å². The summed E-state index contributed by atoms with van der Waals surface area (Å²) in [5.41, 5.74) is -1.06. The molecule has 0 N–H and O–H groups in total. The molecule has 0 amide bonds. The number of carbonyl (C=O) groups excluding carboxylic acids is 1. The minimum absolute atomic E-state index is 0.0553. The second kappa shape index (κ2) is 9.79. The highest BCUT2D eigenvalue weighted by Gasteiger charge is 2.37. The Morgan fingerprint density at radius 3 is 1.55 bits per heavy atom. The number of halogens is 8. The van der Waals surface area contributed by atoms with Crippen LogP contribution in [0.25, 0.3) is 0 Å². The van der Waals surface area contributed by atoms with Crippen molar-refractivity contribution >= 4 is 33.8 Å². The number of nitrogens with zero attached hydrogens (tertiary/aromatic N) is 1. The van der Waals surface area contributed by atoms with Gasteiger partial charge in [-0.2, -0.15) is 0 Å². The van der Waals surface area contributed by atoms with Gasteiger partial charge in [0.05, 0.1) is 9.93 Å². The van der Waals surface area contributed by atoms with Gasteiger partial charge in [-0.3, -0.25) is 4.79 Å². The lowest BCUT2D eigenvalue weighted by Gasteiger charge is -2.17. The lowest BCUT2D eigenvalue weighted by molar-refractivity contribution is 0.102. The van der Waals surface area contributed by atoms with Crippen molar-refractivity contribution in [3.8, 4) is 0 Å². The summed E-state index contributed by atoms with van der Waals surface area (Å²) in [5.74, 6) is -13.5. The number of hydrogen-bond donors (Lipinski definition) is 0. The molecule has 31 heavy (non-hydrogen) atoms. The van der Waals surface area contributed by atoms with E-state index in [4.69, 9.17) is 0 Å². The summed E-state index contributed by atoms with van der Waals surface area (Å²) in [5, 5.41) is 0. The van der Waals surface area contributed by atoms with Crippen LogP contribution in [0.15, 0.2) is 24.3 Å². The summed E-state index contributed by atoms with van der Waals surface area (Å²) in [6, 6.07) is 7.34. The summed E-state index contributed by atoms with van der Waals surface area (Å²) >= 11 is 0. The number of benzene rings is 2. The Hall–Kier alpha value is -2.44. The van der Waals surface area contributed by atoms with Crippen LogP contribution in [0.3, 0.4) is 0 Å². The van der Waals surface area contributed by atoms with E-state index in [9.17, 15) is 43.9 Å². The van der Waals surface area contributed by atoms with Gasteiger partial charge in [0.15, 0.2) is 23.2 Å². The third-order valence-electron chi connectivity index (χ3n) is 3.76. The zero-order valence-corrected chi connectivity index (χ0v) is 17.6. The molecule has 0 unspecified atom stereocenters. The summed E-state index contributed by atoms with van der Waals surface area (Å²) in [7, 11) is 1.88. The van der Waals surface area contributed by atoms with Crippen LogP contribution in [0.5, 0.6) is 0 Å². The van der Waals surface area contributed by atoms with E-state index in [-0.39, 0.29) is 11.5 Å². The summed E-state index contributed by atoms with van der Waals surface area (Å²) < 4.78 is 109. The molecule has 0 aliphatic carbocycles. The van der Waals surface area contributed by atoms with Gasteiger partial charge in [0, 0.05) is 25.3 Å². The lowest BCUT2D eigenvalue weighted by atomic mass is 9.79. The minimum Gasteiger partial charge on any atom is -0.445 e. The molecular formula is C18H18BF8NO2S. The Bertz CT molecular complexity index is 974. The topological polar surface area (TPSA) is 37.4 Å². The van der Waals surface area contributed by atoms with Gasteiger partial charge in [0.25, 0.3) is 0 Å². The Morgan fingerprint density at radius 1 is 0.839 bits per heavy atom. The molecule has 0 saturated carbocycles. The number of hydrogen-bond acceptors (Lipinski definition) is 3. The van der Waals surface area contributed by atoms with E-state index < -0.39 is 51.5 Å². The zero-order valence-electron chi connectivity index (χ0n) is 16.8. The van der Waals surface area contributed by atoms with Gasteiger partial charge < -0.3 is 17.8 Å². The van der Waals surface area contributed by atoms with Crippen LogP contribution in [0, 0.1) is 29.1 Å². The summed E-state index contributed by atoms with van der Waals surface area (Å²) in [6.45, 7) is -6.30. The standard InChI is InChI=1S/C12H18NO2S.C6BF8/c1-13(2)11-7-5-10(6-8-11)12(14)9-16(3,4)15;8-2-1(7(13,14)15)3(9)5(11)6(12)4(2)10/h5-8H,9H2,1-4H3;/q+1;-1. The normalized spacial score (nSPS) is 11.6. The first-order valence-electron chi connectivity index (χ1n) is 8.41. The fourth-order valence-electron chi connectivity index (χ4n) is 2.25. The minimum atomic E-state index is -6.30. The van der Waals surface area contributed by atoms with Crippen molar-refractivity contribution in [2.75, 3.05) is 37.3 Å². The van der Waals surface area contributed by atoms with Gasteiger partial charge in [0.2, 0.25) is 5.78 Å². The van der Waals surface area contributed by atoms with Gasteiger partial charge in [-0.1, -0.05) is 0 Å². The first-order chi connectivity index (χ1) is 14.0. The van der Waals surface area contributed by atoms with Crippen LogP contribution in [-0.2, 0) is 14.1 Å². The molecule has 3 nitrogen and oxygen atoms in total. The fraction of sp³-hybridized carbons (Fsp3) is 0.278. The number of ketones is 1. The molecule has 0 fully saturated rings. The quantitative estimate of drug-likeness (QED) is 0.163. The Kier molecular flexibility index (Phi) is 8.40. The molecule has 0 atom stereocenters. The van der Waals surface area contributed by atoms with Crippen LogP contribution < -0.4 is 10.4 Å². The largest absolute Gasteiger partial charge is 0.515 e. The molecule has 0 aliphatic rings. The molecule has 2 aromatic rings. The van der Waals surface area contributed by atoms with Crippen molar-refractivity contribution in [1.29, 1.82) is 0 Å². The second-order valence-corrected chi connectivity index (χ2v) is 10.2. The van der Waals surface area contributed by atoms with Gasteiger partial charge in [-0.05, 0) is 29.7 Å². The zero-order chi connectivity index (χ0) is 24.3. The molecule has 0 bridgehead atoms. The Labute approximate surface area is 174 Å². The lowest BCUT2D eigenvalue weighted by Crippen LogP contribution is -2.41. The van der Waals surface area contributed by atoms with Crippen molar-refractivity contribution in [3.05, 3.63) is 58.9 Å². The van der Waals surface area contributed by atoms with E-state index in [1.54, 1.807) is 24.6 Å². The summed E-state index contributed by atoms with van der Waals surface area (Å²) in [6.07, 6.45) is 3.22. The van der Waals surface area contributed by atoms with Crippen molar-refractivity contribution in [2.24, 2.45) is 0 Å². The highest BCUT2D eigenvalue weighted by atomic mass is 32.2. The maximum Gasteiger partial charge on any atom is 0.515 e. The number of carbonyl (C=O) groups is 1. The molecule has 2 rings (SSSR count). The molecule has 0 spiro atoms. The maximum atomic E-state index is 12.5. The van der Waals surface area contributed by atoms with Crippen LogP contribution >= 0.6 is 0 Å². The van der Waals surface area contributed by atoms with E-state index in [1.807, 2.05) is 31.1 Å². The Balaban J connectivity index is 0.000000311. The van der Waals surface area contributed by atoms with Crippen LogP contribution in [0.1, 0.15) is 10.4 Å². The van der Waals surface area contributed by atoms with Gasteiger partial charge in [-0.15, -0.1) is 4.21 Å². The molecular weight excluding hydrogens is 457 g/mol. The number of Topliss-reactive ketones (excluding diaryl/α,β-unsaturated/α-hetero) is 1. The smallest absolute Gasteiger partial charge is 0.445 e. The molecule has 0 saturated heterocycles. The third kappa shape index (κ3) is 7.05. The van der Waals surface area contributed by atoms with Crippen molar-refractivity contribution in [1.82, 2.24) is 0 Å². The number of anilines is 1. The molecule has 0 aromatic heterocycles. The molecule has 13 heteroatoms. The fourth-order valence-corrected chi connectivity index (χ4v) is 3.05. The molecule has 0 heterocycles. The van der Waals surface area contributed by atoms with E-state index in [0.717, 1.165) is 5.69 Å². The average molecular weight is 475 g/mol. The summed E-state index contributed by atoms with van der Waals surface area (Å²) in [4.78, 5) is 13.7. The van der Waals surface area contributed by atoms with E-state index in [2.05, 4.69) is 0 Å². The van der Waals surface area contributed by atoms with Crippen LogP contribution in [0.4, 0.5) is 40.6 Å². The average Bonchev–Trinajstić information content (AvgIpc) is 2.63. The van der Waals surface area contributed by atoms with Crippen molar-refractivity contribution in [3.63, 3.8) is 0 Å². The van der Waals surface area contributed by atoms with E-state index in [0.29, 0.717) is 5.56 Å².